The molecule has 0 aliphatic rings. The van der Waals surface area contributed by atoms with E-state index in [0.29, 0.717) is 0 Å². The van der Waals surface area contributed by atoms with Crippen molar-refractivity contribution in [3.8, 4) is 0 Å². The molecule has 0 aliphatic heterocycles. The van der Waals surface area contributed by atoms with Gasteiger partial charge in [-0.05, 0) is 12.8 Å². The topological polar surface area (TPSA) is 0 Å². The fourth-order valence-electron chi connectivity index (χ4n) is 3.71. The molecule has 1 aromatic rings. The van der Waals surface area contributed by atoms with Crippen molar-refractivity contribution >= 4 is 10.2 Å². The Labute approximate surface area is 161 Å². The van der Waals surface area contributed by atoms with Crippen LogP contribution in [0.4, 0.5) is 0 Å². The number of unbranched alkanes of at least 4 members (excludes halogenated alkanes) is 11. The number of nitrogens with zero attached hydrogens (tertiary/aromatic N) is 1. The highest BCUT2D eigenvalue weighted by Gasteiger charge is 2.14. The molecule has 0 aromatic heterocycles. The molecule has 144 valence electrons. The van der Waals surface area contributed by atoms with Crippen LogP contribution in [0.5, 0.6) is 0 Å². The van der Waals surface area contributed by atoms with Gasteiger partial charge in [0, 0.05) is 15.8 Å². The monoisotopic (exact) mass is 362 g/mol. The van der Waals surface area contributed by atoms with Crippen molar-refractivity contribution in [1.29, 1.82) is 0 Å². The maximum atomic E-state index is 2.37. The third-order valence-corrected chi connectivity index (χ3v) is 6.03. The molecule has 1 aromatic carbocycles. The van der Waals surface area contributed by atoms with Crippen molar-refractivity contribution in [2.75, 3.05) is 20.6 Å². The quantitative estimate of drug-likeness (QED) is 0.200. The van der Waals surface area contributed by atoms with Crippen molar-refractivity contribution < 1.29 is 4.48 Å². The summed E-state index contributed by atoms with van der Waals surface area (Å²) in [5, 5.41) is 0. The second-order valence-corrected chi connectivity index (χ2v) is 9.55. The summed E-state index contributed by atoms with van der Waals surface area (Å²) in [6.45, 7) is 2.45. The van der Waals surface area contributed by atoms with E-state index < -0.39 is 0 Å². The van der Waals surface area contributed by atoms with Gasteiger partial charge in [-0.2, -0.15) is 0 Å². The summed E-state index contributed by atoms with van der Waals surface area (Å²) in [6, 6.07) is 12.4. The molecule has 0 unspecified atom stereocenters. The Balaban J connectivity index is 1.89. The first-order valence-corrected chi connectivity index (χ1v) is 12.4. The molecule has 1 rings (SSSR count). The van der Waals surface area contributed by atoms with Crippen LogP contribution in [0, 0.1) is 0 Å². The van der Waals surface area contributed by atoms with Crippen LogP contribution in [-0.4, -0.2) is 35.4 Å². The predicted octanol–water partition coefficient (Wildman–Crippen LogP) is 5.73. The first-order chi connectivity index (χ1) is 12.1. The third kappa shape index (κ3) is 13.3. The summed E-state index contributed by atoms with van der Waals surface area (Å²) in [5.41, 5.74) is 1.46. The van der Waals surface area contributed by atoms with Gasteiger partial charge in [-0.25, -0.2) is 0 Å². The summed E-state index contributed by atoms with van der Waals surface area (Å²) in [5.74, 6) is 0. The van der Waals surface area contributed by atoms with Gasteiger partial charge in [0.05, 0.1) is 20.6 Å². The minimum absolute atomic E-state index is 1.12. The van der Waals surface area contributed by atoms with Gasteiger partial charge in [-0.15, -0.1) is 0 Å². The molecule has 0 bridgehead atoms. The van der Waals surface area contributed by atoms with Gasteiger partial charge in [0.15, 0.2) is 0 Å². The van der Waals surface area contributed by atoms with E-state index in [1.807, 2.05) is 0 Å². The molecule has 0 fully saturated rings. The fraction of sp³-hybridized carbons (Fsp3) is 0.739. The zero-order valence-corrected chi connectivity index (χ0v) is 19.4. The summed E-state index contributed by atoms with van der Waals surface area (Å²) in [4.78, 5) is 0. The molecule has 0 radical (unpaired) electrons. The molecule has 1 nitrogen and oxygen atoms in total. The van der Waals surface area contributed by atoms with Crippen LogP contribution in [0.1, 0.15) is 82.6 Å². The van der Waals surface area contributed by atoms with Gasteiger partial charge in [-0.3, -0.25) is 0 Å². The molecule has 0 heterocycles. The lowest BCUT2D eigenvalue weighted by atomic mass is 10.1. The van der Waals surface area contributed by atoms with Gasteiger partial charge < -0.3 is 4.48 Å². The van der Waals surface area contributed by atoms with Crippen molar-refractivity contribution in [1.82, 2.24) is 0 Å². The lowest BCUT2D eigenvalue weighted by Crippen LogP contribution is -2.39. The SMILES string of the molecule is C[N+](C)(CCCCCCCCCCCCCC[SiH3])Cc1ccccc1. The molecule has 0 spiro atoms. The number of hydrogen-bond donors (Lipinski definition) is 0. The van der Waals surface area contributed by atoms with Crippen LogP contribution in [0.25, 0.3) is 0 Å². The van der Waals surface area contributed by atoms with Crippen molar-refractivity contribution in [3.63, 3.8) is 0 Å². The molecule has 0 aliphatic carbocycles. The van der Waals surface area contributed by atoms with Crippen LogP contribution in [0.3, 0.4) is 0 Å². The zero-order chi connectivity index (χ0) is 18.2. The van der Waals surface area contributed by atoms with Gasteiger partial charge in [0.1, 0.15) is 6.54 Å². The van der Waals surface area contributed by atoms with E-state index in [4.69, 9.17) is 0 Å². The van der Waals surface area contributed by atoms with Crippen molar-refractivity contribution in [2.24, 2.45) is 0 Å². The minimum atomic E-state index is 1.12. The smallest absolute Gasteiger partial charge is 0.104 e. The standard InChI is InChI=1S/C23H44NSi/c1-24(2,22-23-18-14-13-15-19-23)20-16-11-9-7-5-3-4-6-8-10-12-17-21-25/h13-15,18-19H,3-12,16-17,20-22H2,1-2,25H3/q+1. The highest BCUT2D eigenvalue weighted by atomic mass is 28.1. The Morgan fingerprint density at radius 2 is 1.08 bits per heavy atom. The largest absolute Gasteiger partial charge is 0.325 e. The molecular weight excluding hydrogens is 318 g/mol. The Morgan fingerprint density at radius 1 is 0.640 bits per heavy atom. The molecule has 0 N–H and O–H groups in total. The summed E-state index contributed by atoms with van der Waals surface area (Å²) in [7, 11) is 6.14. The zero-order valence-electron chi connectivity index (χ0n) is 17.4. The average Bonchev–Trinajstić information content (AvgIpc) is 2.59. The van der Waals surface area contributed by atoms with Crippen LogP contribution >= 0.6 is 0 Å². The van der Waals surface area contributed by atoms with Crippen LogP contribution in [-0.2, 0) is 6.54 Å². The molecule has 2 heteroatoms. The van der Waals surface area contributed by atoms with E-state index in [0.717, 1.165) is 11.0 Å². The van der Waals surface area contributed by atoms with Gasteiger partial charge in [0.2, 0.25) is 0 Å². The predicted molar refractivity (Wildman–Crippen MR) is 117 cm³/mol. The second kappa shape index (κ2) is 14.6. The van der Waals surface area contributed by atoms with Gasteiger partial charge in [-0.1, -0.05) is 101 Å². The number of benzene rings is 1. The van der Waals surface area contributed by atoms with Crippen LogP contribution in [0.2, 0.25) is 6.04 Å². The third-order valence-electron chi connectivity index (χ3n) is 5.32. The lowest BCUT2D eigenvalue weighted by Gasteiger charge is -2.30. The molecule has 25 heavy (non-hydrogen) atoms. The Kier molecular flexibility index (Phi) is 13.1. The molecular formula is C23H44NSi+. The first-order valence-electron chi connectivity index (χ1n) is 11.0. The Morgan fingerprint density at radius 3 is 1.56 bits per heavy atom. The molecule has 0 atom stereocenters. The van der Waals surface area contributed by atoms with Crippen molar-refractivity contribution in [3.05, 3.63) is 35.9 Å². The van der Waals surface area contributed by atoms with E-state index in [1.165, 1.54) is 105 Å². The lowest BCUT2D eigenvalue weighted by molar-refractivity contribution is -0.903. The van der Waals surface area contributed by atoms with E-state index in [1.54, 1.807) is 0 Å². The minimum Gasteiger partial charge on any atom is -0.325 e. The van der Waals surface area contributed by atoms with Gasteiger partial charge in [0.25, 0.3) is 0 Å². The van der Waals surface area contributed by atoms with Crippen molar-refractivity contribution in [2.45, 2.75) is 89.6 Å². The maximum absolute atomic E-state index is 2.37. The van der Waals surface area contributed by atoms with Crippen LogP contribution < -0.4 is 0 Å². The number of rotatable bonds is 16. The van der Waals surface area contributed by atoms with E-state index in [9.17, 15) is 0 Å². The van der Waals surface area contributed by atoms with E-state index >= 15 is 0 Å². The highest BCUT2D eigenvalue weighted by molar-refractivity contribution is 6.08. The van der Waals surface area contributed by atoms with Gasteiger partial charge >= 0.3 is 0 Å². The molecule has 0 saturated carbocycles. The molecule has 0 saturated heterocycles. The summed E-state index contributed by atoms with van der Waals surface area (Å²) < 4.78 is 1.12. The number of quaternary nitrogens is 1. The normalized spacial score (nSPS) is 11.9. The first kappa shape index (κ1) is 22.4. The maximum Gasteiger partial charge on any atom is 0.104 e. The Hall–Kier alpha value is -0.603. The van der Waals surface area contributed by atoms with E-state index in [-0.39, 0.29) is 0 Å². The molecule has 0 amide bonds. The van der Waals surface area contributed by atoms with E-state index in [2.05, 4.69) is 44.4 Å². The number of hydrogen-bond acceptors (Lipinski definition) is 0. The summed E-state index contributed by atoms with van der Waals surface area (Å²) in [6.07, 6.45) is 17.5. The average molecular weight is 363 g/mol. The second-order valence-electron chi connectivity index (χ2n) is 8.55. The van der Waals surface area contributed by atoms with Crippen LogP contribution in [0.15, 0.2) is 30.3 Å². The highest BCUT2D eigenvalue weighted by Crippen LogP contribution is 2.14. The Bertz CT molecular complexity index is 402. The fourth-order valence-corrected chi connectivity index (χ4v) is 4.21. The summed E-state index contributed by atoms with van der Waals surface area (Å²) >= 11 is 0.